The van der Waals surface area contributed by atoms with Gasteiger partial charge in [0, 0.05) is 4.88 Å². The number of thiophene rings is 1. The van der Waals surface area contributed by atoms with E-state index in [1.54, 1.807) is 11.3 Å². The highest BCUT2D eigenvalue weighted by molar-refractivity contribution is 7.10. The van der Waals surface area contributed by atoms with Crippen LogP contribution in [0.5, 0.6) is 0 Å². The van der Waals surface area contributed by atoms with Crippen molar-refractivity contribution >= 4 is 45.6 Å². The van der Waals surface area contributed by atoms with Gasteiger partial charge in [-0.25, -0.2) is 4.98 Å². The lowest BCUT2D eigenvalue weighted by Crippen LogP contribution is -2.12. The van der Waals surface area contributed by atoms with Crippen LogP contribution in [0.4, 0.5) is 0 Å². The molecular formula is C16H16Cl2N2S. The Morgan fingerprint density at radius 2 is 2.10 bits per heavy atom. The fourth-order valence-corrected chi connectivity index (χ4v) is 3.97. The lowest BCUT2D eigenvalue weighted by atomic mass is 10.1. The molecule has 2 nitrogen and oxygen atoms in total. The molecule has 2 unspecified atom stereocenters. The van der Waals surface area contributed by atoms with E-state index in [1.807, 2.05) is 19.1 Å². The molecule has 0 spiro atoms. The minimum Gasteiger partial charge on any atom is -0.318 e. The Morgan fingerprint density at radius 3 is 2.71 bits per heavy atom. The smallest absolute Gasteiger partial charge is 0.128 e. The lowest BCUT2D eigenvalue weighted by Gasteiger charge is -2.20. The highest BCUT2D eigenvalue weighted by Crippen LogP contribution is 2.36. The zero-order chi connectivity index (χ0) is 15.0. The number of halogens is 2. The molecule has 0 saturated carbocycles. The highest BCUT2D eigenvalue weighted by Gasteiger charge is 2.23. The third-order valence-corrected chi connectivity index (χ3v) is 5.10. The van der Waals surface area contributed by atoms with Crippen LogP contribution in [0.2, 0.25) is 5.02 Å². The highest BCUT2D eigenvalue weighted by atomic mass is 35.5. The summed E-state index contributed by atoms with van der Waals surface area (Å²) in [4.78, 5) is 6.01. The largest absolute Gasteiger partial charge is 0.318 e. The van der Waals surface area contributed by atoms with Gasteiger partial charge in [-0.15, -0.1) is 22.9 Å². The van der Waals surface area contributed by atoms with Crippen LogP contribution in [0.25, 0.3) is 11.0 Å². The van der Waals surface area contributed by atoms with Gasteiger partial charge in [0.05, 0.1) is 22.0 Å². The minimum atomic E-state index is -0.164. The summed E-state index contributed by atoms with van der Waals surface area (Å²) in [6, 6.07) is 10.4. The SMILES string of the molecule is CCC(c1cccs1)n1c(C(C)Cl)nc2c(Cl)cccc21. The van der Waals surface area contributed by atoms with E-state index in [9.17, 15) is 0 Å². The quantitative estimate of drug-likeness (QED) is 0.529. The summed E-state index contributed by atoms with van der Waals surface area (Å²) < 4.78 is 2.24. The van der Waals surface area contributed by atoms with Gasteiger partial charge in [0.1, 0.15) is 11.3 Å². The lowest BCUT2D eigenvalue weighted by molar-refractivity contribution is 0.564. The average molecular weight is 339 g/mol. The molecule has 0 aliphatic heterocycles. The van der Waals surface area contributed by atoms with Gasteiger partial charge in [-0.3, -0.25) is 0 Å². The van der Waals surface area contributed by atoms with Gasteiger partial charge in [0.2, 0.25) is 0 Å². The van der Waals surface area contributed by atoms with E-state index in [1.165, 1.54) is 4.88 Å². The van der Waals surface area contributed by atoms with E-state index in [0.29, 0.717) is 5.02 Å². The number of para-hydroxylation sites is 1. The maximum absolute atomic E-state index is 6.37. The first kappa shape index (κ1) is 14.9. The minimum absolute atomic E-state index is 0.164. The predicted molar refractivity (Wildman–Crippen MR) is 91.8 cm³/mol. The van der Waals surface area contributed by atoms with Gasteiger partial charge < -0.3 is 4.57 Å². The maximum Gasteiger partial charge on any atom is 0.128 e. The van der Waals surface area contributed by atoms with Crippen LogP contribution >= 0.6 is 34.5 Å². The summed E-state index contributed by atoms with van der Waals surface area (Å²) in [7, 11) is 0. The van der Waals surface area contributed by atoms with Gasteiger partial charge in [-0.2, -0.15) is 0 Å². The zero-order valence-corrected chi connectivity index (χ0v) is 14.2. The molecule has 0 saturated heterocycles. The first-order valence-corrected chi connectivity index (χ1v) is 8.66. The number of nitrogens with zero attached hydrogens (tertiary/aromatic N) is 2. The molecular weight excluding hydrogens is 323 g/mol. The van der Waals surface area contributed by atoms with E-state index < -0.39 is 0 Å². The van der Waals surface area contributed by atoms with Crippen molar-refractivity contribution in [3.63, 3.8) is 0 Å². The Balaban J connectivity index is 2.29. The molecule has 3 rings (SSSR count). The second-order valence-electron chi connectivity index (χ2n) is 5.00. The molecule has 0 fully saturated rings. The fourth-order valence-electron chi connectivity index (χ4n) is 2.70. The molecule has 0 radical (unpaired) electrons. The molecule has 1 aromatic carbocycles. The second kappa shape index (κ2) is 5.99. The van der Waals surface area contributed by atoms with Crippen molar-refractivity contribution in [1.82, 2.24) is 9.55 Å². The van der Waals surface area contributed by atoms with Gasteiger partial charge in [0.15, 0.2) is 0 Å². The second-order valence-corrected chi connectivity index (χ2v) is 7.04. The Labute approximate surface area is 138 Å². The first-order valence-electron chi connectivity index (χ1n) is 6.97. The number of rotatable bonds is 4. The van der Waals surface area contributed by atoms with Crippen molar-refractivity contribution in [3.8, 4) is 0 Å². The third-order valence-electron chi connectivity index (χ3n) is 3.62. The maximum atomic E-state index is 6.37. The molecule has 0 bridgehead atoms. The third kappa shape index (κ3) is 2.59. The number of benzene rings is 1. The molecule has 0 amide bonds. The Morgan fingerprint density at radius 1 is 1.29 bits per heavy atom. The monoisotopic (exact) mass is 338 g/mol. The van der Waals surface area contributed by atoms with Crippen LogP contribution in [0, 0.1) is 0 Å². The van der Waals surface area contributed by atoms with Gasteiger partial charge >= 0.3 is 0 Å². The zero-order valence-electron chi connectivity index (χ0n) is 11.9. The van der Waals surface area contributed by atoms with Crippen molar-refractivity contribution in [2.75, 3.05) is 0 Å². The number of fused-ring (bicyclic) bond motifs is 1. The summed E-state index contributed by atoms with van der Waals surface area (Å²) in [6.45, 7) is 4.14. The van der Waals surface area contributed by atoms with Gasteiger partial charge in [-0.05, 0) is 36.9 Å². The predicted octanol–water partition coefficient (Wildman–Crippen LogP) is 6.05. The summed E-state index contributed by atoms with van der Waals surface area (Å²) >= 11 is 14.4. The molecule has 21 heavy (non-hydrogen) atoms. The van der Waals surface area contributed by atoms with Crippen molar-refractivity contribution in [3.05, 3.63) is 51.4 Å². The molecule has 2 aromatic heterocycles. The van der Waals surface area contributed by atoms with Gasteiger partial charge in [0.25, 0.3) is 0 Å². The molecule has 2 heterocycles. The van der Waals surface area contributed by atoms with Crippen LogP contribution in [-0.2, 0) is 0 Å². The Kier molecular flexibility index (Phi) is 4.25. The number of aromatic nitrogens is 2. The van der Waals surface area contributed by atoms with Crippen LogP contribution in [-0.4, -0.2) is 9.55 Å². The van der Waals surface area contributed by atoms with E-state index in [2.05, 4.69) is 35.1 Å². The molecule has 0 N–H and O–H groups in total. The van der Waals surface area contributed by atoms with Gasteiger partial charge in [-0.1, -0.05) is 30.7 Å². The number of imidazole rings is 1. The van der Waals surface area contributed by atoms with Crippen molar-refractivity contribution < 1.29 is 0 Å². The van der Waals surface area contributed by atoms with Crippen LogP contribution in [0.15, 0.2) is 35.7 Å². The van der Waals surface area contributed by atoms with Crippen LogP contribution in [0.3, 0.4) is 0 Å². The molecule has 0 aliphatic carbocycles. The number of alkyl halides is 1. The van der Waals surface area contributed by atoms with E-state index in [0.717, 1.165) is 23.3 Å². The van der Waals surface area contributed by atoms with Crippen LogP contribution in [0.1, 0.15) is 42.4 Å². The molecule has 110 valence electrons. The van der Waals surface area contributed by atoms with E-state index in [4.69, 9.17) is 28.2 Å². The van der Waals surface area contributed by atoms with Crippen molar-refractivity contribution in [2.24, 2.45) is 0 Å². The van der Waals surface area contributed by atoms with E-state index in [-0.39, 0.29) is 11.4 Å². The first-order chi connectivity index (χ1) is 10.1. The van der Waals surface area contributed by atoms with Crippen molar-refractivity contribution in [2.45, 2.75) is 31.7 Å². The fraction of sp³-hybridized carbons (Fsp3) is 0.312. The Hall–Kier alpha value is -1.03. The molecule has 5 heteroatoms. The summed E-state index contributed by atoms with van der Waals surface area (Å²) in [5.74, 6) is 0.875. The number of hydrogen-bond acceptors (Lipinski definition) is 2. The summed E-state index contributed by atoms with van der Waals surface area (Å²) in [5, 5.41) is 2.61. The average Bonchev–Trinajstić information content (AvgIpc) is 3.09. The summed E-state index contributed by atoms with van der Waals surface area (Å²) in [5.41, 5.74) is 1.88. The Bertz CT molecular complexity index is 747. The topological polar surface area (TPSA) is 17.8 Å². The molecule has 3 aromatic rings. The van der Waals surface area contributed by atoms with Crippen molar-refractivity contribution in [1.29, 1.82) is 0 Å². The van der Waals surface area contributed by atoms with Crippen LogP contribution < -0.4 is 0 Å². The molecule has 2 atom stereocenters. The molecule has 0 aliphatic rings. The summed E-state index contributed by atoms with van der Waals surface area (Å²) in [6.07, 6.45) is 0.981. The standard InChI is InChI=1S/C16H16Cl2N2S/c1-3-12(14-8-5-9-21-14)20-13-7-4-6-11(18)15(13)19-16(20)10(2)17/h4-10,12H,3H2,1-2H3. The van der Waals surface area contributed by atoms with E-state index >= 15 is 0 Å². The normalized spacial score (nSPS) is 14.5. The number of hydrogen-bond donors (Lipinski definition) is 0.